The molecule has 48 heavy (non-hydrogen) atoms. The van der Waals surface area contributed by atoms with E-state index in [2.05, 4.69) is 31.3 Å². The number of unbranched alkanes of at least 4 members (excludes halogenated alkanes) is 30. The molecule has 0 aromatic rings. The van der Waals surface area contributed by atoms with Gasteiger partial charge < -0.3 is 15.5 Å². The van der Waals surface area contributed by atoms with Crippen LogP contribution >= 0.6 is 0 Å². The summed E-state index contributed by atoms with van der Waals surface area (Å²) in [5.41, 5.74) is 0. The van der Waals surface area contributed by atoms with Gasteiger partial charge in [0, 0.05) is 6.42 Å². The van der Waals surface area contributed by atoms with Gasteiger partial charge in [0.2, 0.25) is 5.91 Å². The van der Waals surface area contributed by atoms with E-state index in [1.807, 2.05) is 6.08 Å². The molecule has 0 saturated carbocycles. The highest BCUT2D eigenvalue weighted by Crippen LogP contribution is 2.16. The van der Waals surface area contributed by atoms with E-state index < -0.39 is 12.1 Å². The normalized spacial score (nSPS) is 13.2. The maximum absolute atomic E-state index is 12.3. The largest absolute Gasteiger partial charge is 0.394 e. The number of nitrogens with one attached hydrogen (secondary N) is 1. The van der Waals surface area contributed by atoms with Gasteiger partial charge in [-0.3, -0.25) is 4.79 Å². The van der Waals surface area contributed by atoms with Gasteiger partial charge in [0.15, 0.2) is 0 Å². The molecular weight excluding hydrogens is 590 g/mol. The number of allylic oxidation sites excluding steroid dienone is 3. The van der Waals surface area contributed by atoms with Crippen molar-refractivity contribution < 1.29 is 15.0 Å². The van der Waals surface area contributed by atoms with Crippen LogP contribution in [0.2, 0.25) is 0 Å². The van der Waals surface area contributed by atoms with Crippen molar-refractivity contribution in [3.63, 3.8) is 0 Å². The maximum Gasteiger partial charge on any atom is 0.220 e. The minimum absolute atomic E-state index is 0.0714. The molecule has 0 spiro atoms. The first-order valence-electron chi connectivity index (χ1n) is 21.6. The van der Waals surface area contributed by atoms with Crippen LogP contribution in [0.3, 0.4) is 0 Å². The molecule has 0 heterocycles. The van der Waals surface area contributed by atoms with Crippen molar-refractivity contribution in [1.82, 2.24) is 5.32 Å². The van der Waals surface area contributed by atoms with Crippen molar-refractivity contribution in [1.29, 1.82) is 0 Å². The van der Waals surface area contributed by atoms with Crippen molar-refractivity contribution in [2.45, 2.75) is 244 Å². The number of carbonyl (C=O) groups is 1. The van der Waals surface area contributed by atoms with E-state index in [0.29, 0.717) is 6.42 Å². The average molecular weight is 676 g/mol. The van der Waals surface area contributed by atoms with Crippen molar-refractivity contribution in [3.8, 4) is 0 Å². The third-order valence-electron chi connectivity index (χ3n) is 9.94. The van der Waals surface area contributed by atoms with Crippen LogP contribution < -0.4 is 5.32 Å². The van der Waals surface area contributed by atoms with E-state index in [0.717, 1.165) is 32.1 Å². The lowest BCUT2D eigenvalue weighted by Gasteiger charge is -2.19. The van der Waals surface area contributed by atoms with Gasteiger partial charge >= 0.3 is 0 Å². The number of rotatable bonds is 39. The van der Waals surface area contributed by atoms with Gasteiger partial charge in [0.1, 0.15) is 0 Å². The lowest BCUT2D eigenvalue weighted by molar-refractivity contribution is -0.123. The zero-order valence-corrected chi connectivity index (χ0v) is 32.5. The van der Waals surface area contributed by atoms with E-state index in [1.165, 1.54) is 180 Å². The molecular formula is C44H85NO3. The molecule has 0 aliphatic carbocycles. The summed E-state index contributed by atoms with van der Waals surface area (Å²) in [5.74, 6) is -0.0714. The Morgan fingerprint density at radius 3 is 1.21 bits per heavy atom. The van der Waals surface area contributed by atoms with Crippen molar-refractivity contribution in [2.75, 3.05) is 6.61 Å². The standard InChI is InChI=1S/C44H85NO3/c1-3-5-7-9-11-13-15-17-18-19-20-21-22-23-24-25-26-27-28-30-32-34-36-38-40-44(48)45-42(41-46)43(47)39-37-35-33-31-29-16-14-12-10-8-6-4-2/h29,31,37,39,42-43,46-47H,3-28,30,32-36,38,40-41H2,1-2H3,(H,45,48)/b31-29+,39-37+. The van der Waals surface area contributed by atoms with Crippen LogP contribution in [-0.2, 0) is 4.79 Å². The first-order valence-corrected chi connectivity index (χ1v) is 21.6. The fourth-order valence-corrected chi connectivity index (χ4v) is 6.61. The molecule has 0 fully saturated rings. The molecule has 0 aromatic carbocycles. The molecule has 4 heteroatoms. The third kappa shape index (κ3) is 36.2. The topological polar surface area (TPSA) is 69.6 Å². The Bertz CT molecular complexity index is 691. The molecule has 0 radical (unpaired) electrons. The van der Waals surface area contributed by atoms with Gasteiger partial charge in [0.25, 0.3) is 0 Å². The van der Waals surface area contributed by atoms with Crippen LogP contribution in [0.1, 0.15) is 232 Å². The molecule has 0 aromatic heterocycles. The summed E-state index contributed by atoms with van der Waals surface area (Å²) in [6.45, 7) is 4.29. The van der Waals surface area contributed by atoms with Gasteiger partial charge in [-0.05, 0) is 32.1 Å². The van der Waals surface area contributed by atoms with E-state index in [9.17, 15) is 15.0 Å². The number of aliphatic hydroxyl groups is 2. The predicted octanol–water partition coefficient (Wildman–Crippen LogP) is 13.2. The Morgan fingerprint density at radius 1 is 0.479 bits per heavy atom. The Labute approximate surface area is 300 Å². The third-order valence-corrected chi connectivity index (χ3v) is 9.94. The Kier molecular flexibility index (Phi) is 39.4. The van der Waals surface area contributed by atoms with Gasteiger partial charge in [-0.15, -0.1) is 0 Å². The first-order chi connectivity index (χ1) is 23.7. The van der Waals surface area contributed by atoms with Gasteiger partial charge in [0.05, 0.1) is 18.8 Å². The van der Waals surface area contributed by atoms with Gasteiger partial charge in [-0.1, -0.05) is 218 Å². The molecule has 0 aliphatic heterocycles. The number of aliphatic hydroxyl groups excluding tert-OH is 2. The van der Waals surface area contributed by atoms with E-state index in [1.54, 1.807) is 6.08 Å². The van der Waals surface area contributed by atoms with Crippen molar-refractivity contribution in [2.24, 2.45) is 0 Å². The highest BCUT2D eigenvalue weighted by Gasteiger charge is 2.17. The number of amides is 1. The molecule has 0 rings (SSSR count). The lowest BCUT2D eigenvalue weighted by atomic mass is 10.0. The van der Waals surface area contributed by atoms with Crippen LogP contribution in [0.5, 0.6) is 0 Å². The zero-order valence-electron chi connectivity index (χ0n) is 32.5. The molecule has 2 unspecified atom stereocenters. The van der Waals surface area contributed by atoms with Crippen LogP contribution in [0.25, 0.3) is 0 Å². The van der Waals surface area contributed by atoms with Crippen molar-refractivity contribution in [3.05, 3.63) is 24.3 Å². The lowest BCUT2D eigenvalue weighted by Crippen LogP contribution is -2.45. The summed E-state index contributed by atoms with van der Waals surface area (Å²) in [6.07, 6.45) is 51.5. The van der Waals surface area contributed by atoms with Gasteiger partial charge in [-0.2, -0.15) is 0 Å². The SMILES string of the molecule is CCCCCCCC/C=C/CC/C=C/C(O)C(CO)NC(=O)CCCCCCCCCCCCCCCCCCCCCCCCCC. The second-order valence-corrected chi connectivity index (χ2v) is 14.8. The summed E-state index contributed by atoms with van der Waals surface area (Å²) in [6, 6.07) is -0.633. The second kappa shape index (κ2) is 40.3. The fraction of sp³-hybridized carbons (Fsp3) is 0.886. The number of carbonyl (C=O) groups excluding carboxylic acids is 1. The molecule has 2 atom stereocenters. The number of hydrogen-bond donors (Lipinski definition) is 3. The minimum atomic E-state index is -0.856. The summed E-state index contributed by atoms with van der Waals surface area (Å²) < 4.78 is 0. The van der Waals surface area contributed by atoms with Crippen molar-refractivity contribution >= 4 is 5.91 Å². The number of hydrogen-bond acceptors (Lipinski definition) is 3. The molecule has 3 N–H and O–H groups in total. The van der Waals surface area contributed by atoms with Crippen LogP contribution in [0.4, 0.5) is 0 Å². The maximum atomic E-state index is 12.3. The van der Waals surface area contributed by atoms with Crippen LogP contribution in [-0.4, -0.2) is 34.9 Å². The molecule has 0 aliphatic rings. The molecule has 1 amide bonds. The molecule has 4 nitrogen and oxygen atoms in total. The van der Waals surface area contributed by atoms with Gasteiger partial charge in [-0.25, -0.2) is 0 Å². The monoisotopic (exact) mass is 676 g/mol. The summed E-state index contributed by atoms with van der Waals surface area (Å²) in [5, 5.41) is 22.9. The fourth-order valence-electron chi connectivity index (χ4n) is 6.61. The molecule has 284 valence electrons. The molecule has 0 saturated heterocycles. The smallest absolute Gasteiger partial charge is 0.220 e. The zero-order chi connectivity index (χ0) is 35.0. The first kappa shape index (κ1) is 46.9. The van der Waals surface area contributed by atoms with Crippen LogP contribution in [0.15, 0.2) is 24.3 Å². The summed E-state index contributed by atoms with van der Waals surface area (Å²) >= 11 is 0. The minimum Gasteiger partial charge on any atom is -0.394 e. The van der Waals surface area contributed by atoms with E-state index >= 15 is 0 Å². The second-order valence-electron chi connectivity index (χ2n) is 14.8. The average Bonchev–Trinajstić information content (AvgIpc) is 3.09. The summed E-state index contributed by atoms with van der Waals surface area (Å²) in [4.78, 5) is 12.3. The van der Waals surface area contributed by atoms with E-state index in [-0.39, 0.29) is 12.5 Å². The Hall–Kier alpha value is -1.13. The highest BCUT2D eigenvalue weighted by molar-refractivity contribution is 5.76. The summed E-state index contributed by atoms with van der Waals surface area (Å²) in [7, 11) is 0. The Morgan fingerprint density at radius 2 is 0.812 bits per heavy atom. The highest BCUT2D eigenvalue weighted by atomic mass is 16.3. The van der Waals surface area contributed by atoms with E-state index in [4.69, 9.17) is 0 Å². The van der Waals surface area contributed by atoms with Crippen LogP contribution in [0, 0.1) is 0 Å². The quantitative estimate of drug-likeness (QED) is 0.0448. The Balaban J connectivity index is 3.50. The molecule has 0 bridgehead atoms. The predicted molar refractivity (Wildman–Crippen MR) is 212 cm³/mol.